The second-order valence-corrected chi connectivity index (χ2v) is 7.18. The maximum Gasteiger partial charge on any atom is 0.221 e. The molecule has 0 bridgehead atoms. The van der Waals surface area contributed by atoms with Crippen LogP contribution in [0.2, 0.25) is 0 Å². The van der Waals surface area contributed by atoms with Crippen LogP contribution in [-0.2, 0) is 4.79 Å². The van der Waals surface area contributed by atoms with Gasteiger partial charge < -0.3 is 5.32 Å². The van der Waals surface area contributed by atoms with Gasteiger partial charge in [0.15, 0.2) is 0 Å². The van der Waals surface area contributed by atoms with E-state index >= 15 is 0 Å². The van der Waals surface area contributed by atoms with E-state index in [1.165, 1.54) is 23.2 Å². The third kappa shape index (κ3) is 4.93. The van der Waals surface area contributed by atoms with Gasteiger partial charge in [0, 0.05) is 28.5 Å². The molecule has 0 saturated carbocycles. The Morgan fingerprint density at radius 1 is 1.15 bits per heavy atom. The van der Waals surface area contributed by atoms with Crippen molar-refractivity contribution in [3.8, 4) is 11.3 Å². The average Bonchev–Trinajstić information content (AvgIpc) is 3.11. The van der Waals surface area contributed by atoms with Crippen molar-refractivity contribution < 1.29 is 4.79 Å². The summed E-state index contributed by atoms with van der Waals surface area (Å²) in [5.74, 6) is -0.0844. The number of rotatable bonds is 6. The number of benzene rings is 2. The van der Waals surface area contributed by atoms with Crippen LogP contribution in [0.3, 0.4) is 0 Å². The van der Waals surface area contributed by atoms with Crippen molar-refractivity contribution in [2.45, 2.75) is 11.8 Å². The number of hydrogen-bond acceptors (Lipinski definition) is 6. The van der Waals surface area contributed by atoms with E-state index in [9.17, 15) is 4.79 Å². The molecule has 3 aromatic rings. The first-order valence-corrected chi connectivity index (χ1v) is 10.0. The molecule has 0 unspecified atom stereocenters. The van der Waals surface area contributed by atoms with Crippen molar-refractivity contribution in [3.63, 3.8) is 0 Å². The smallest absolute Gasteiger partial charge is 0.221 e. The molecule has 0 spiro atoms. The van der Waals surface area contributed by atoms with Crippen molar-refractivity contribution in [3.05, 3.63) is 59.5 Å². The molecule has 0 radical (unpaired) electrons. The van der Waals surface area contributed by atoms with Crippen molar-refractivity contribution in [2.75, 3.05) is 17.0 Å². The van der Waals surface area contributed by atoms with Gasteiger partial charge in [0.05, 0.1) is 11.9 Å². The summed E-state index contributed by atoms with van der Waals surface area (Å²) in [6, 6.07) is 15.8. The van der Waals surface area contributed by atoms with Crippen LogP contribution in [-0.4, -0.2) is 23.4 Å². The van der Waals surface area contributed by atoms with E-state index in [1.54, 1.807) is 18.0 Å². The van der Waals surface area contributed by atoms with Crippen LogP contribution in [0.4, 0.5) is 10.8 Å². The van der Waals surface area contributed by atoms with E-state index in [4.69, 9.17) is 0 Å². The van der Waals surface area contributed by atoms with Gasteiger partial charge in [-0.15, -0.1) is 23.1 Å². The lowest BCUT2D eigenvalue weighted by atomic mass is 10.1. The Labute approximate surface area is 160 Å². The summed E-state index contributed by atoms with van der Waals surface area (Å²) in [6.07, 6.45) is 3.82. The highest BCUT2D eigenvalue weighted by Gasteiger charge is 2.04. The van der Waals surface area contributed by atoms with Gasteiger partial charge in [0.1, 0.15) is 0 Å². The lowest BCUT2D eigenvalue weighted by Gasteiger charge is -2.02. The number of carbonyl (C=O) groups excluding carboxylic acids is 1. The fourth-order valence-corrected chi connectivity index (χ4v) is 3.31. The van der Waals surface area contributed by atoms with Crippen LogP contribution in [0, 0.1) is 0 Å². The molecule has 132 valence electrons. The summed E-state index contributed by atoms with van der Waals surface area (Å²) in [5, 5.41) is 9.69. The summed E-state index contributed by atoms with van der Waals surface area (Å²) >= 11 is 3.20. The first-order valence-electron chi connectivity index (χ1n) is 7.91. The molecular weight excluding hydrogens is 364 g/mol. The zero-order valence-electron chi connectivity index (χ0n) is 14.4. The fourth-order valence-electron chi connectivity index (χ4n) is 2.24. The molecule has 5 nitrogen and oxygen atoms in total. The van der Waals surface area contributed by atoms with Crippen LogP contribution in [0.15, 0.2) is 63.9 Å². The minimum Gasteiger partial charge on any atom is -0.326 e. The van der Waals surface area contributed by atoms with Gasteiger partial charge in [-0.1, -0.05) is 24.3 Å². The van der Waals surface area contributed by atoms with Crippen LogP contribution in [0.1, 0.15) is 12.5 Å². The lowest BCUT2D eigenvalue weighted by molar-refractivity contribution is -0.114. The monoisotopic (exact) mass is 382 g/mol. The van der Waals surface area contributed by atoms with Gasteiger partial charge >= 0.3 is 0 Å². The molecule has 0 saturated heterocycles. The molecule has 3 rings (SSSR count). The number of nitrogens with zero attached hydrogens (tertiary/aromatic N) is 2. The zero-order chi connectivity index (χ0) is 18.4. The standard InChI is InChI=1S/C19H18N4OS2/c1-13(24)21-16-7-5-15(6-8-16)18-12-26-19(22-18)23-20-11-14-3-9-17(25-2)10-4-14/h3-12H,1-2H3,(H,21,24)(H,22,23)/b20-11-. The van der Waals surface area contributed by atoms with Crippen molar-refractivity contribution in [2.24, 2.45) is 5.10 Å². The first-order chi connectivity index (χ1) is 12.6. The predicted octanol–water partition coefficient (Wildman–Crippen LogP) is 4.94. The summed E-state index contributed by atoms with van der Waals surface area (Å²) in [4.78, 5) is 16.8. The molecule has 1 amide bonds. The first kappa shape index (κ1) is 18.2. The van der Waals surface area contributed by atoms with E-state index < -0.39 is 0 Å². The van der Waals surface area contributed by atoms with Crippen molar-refractivity contribution >= 4 is 46.0 Å². The molecule has 0 aliphatic carbocycles. The number of aromatic nitrogens is 1. The molecule has 2 N–H and O–H groups in total. The van der Waals surface area contributed by atoms with E-state index in [2.05, 4.69) is 39.2 Å². The molecule has 1 aromatic heterocycles. The number of thiazole rings is 1. The molecule has 1 heterocycles. The van der Waals surface area contributed by atoms with Crippen LogP contribution < -0.4 is 10.7 Å². The van der Waals surface area contributed by atoms with E-state index in [-0.39, 0.29) is 5.91 Å². The van der Waals surface area contributed by atoms with Crippen LogP contribution in [0.25, 0.3) is 11.3 Å². The topological polar surface area (TPSA) is 66.4 Å². The highest BCUT2D eigenvalue weighted by Crippen LogP contribution is 2.26. The Morgan fingerprint density at radius 3 is 2.54 bits per heavy atom. The van der Waals surface area contributed by atoms with Crippen LogP contribution in [0.5, 0.6) is 0 Å². The third-order valence-electron chi connectivity index (χ3n) is 3.49. The Kier molecular flexibility index (Phi) is 6.04. The Bertz CT molecular complexity index is 902. The maximum atomic E-state index is 11.1. The number of hydrogen-bond donors (Lipinski definition) is 2. The number of hydrazone groups is 1. The second-order valence-electron chi connectivity index (χ2n) is 5.44. The van der Waals surface area contributed by atoms with Gasteiger partial charge in [0.2, 0.25) is 11.0 Å². The summed E-state index contributed by atoms with van der Waals surface area (Å²) in [5.41, 5.74) is 6.62. The molecule has 0 atom stereocenters. The Balaban J connectivity index is 1.62. The zero-order valence-corrected chi connectivity index (χ0v) is 16.0. The van der Waals surface area contributed by atoms with E-state index in [0.717, 1.165) is 27.6 Å². The number of anilines is 2. The van der Waals surface area contributed by atoms with E-state index in [0.29, 0.717) is 0 Å². The Morgan fingerprint density at radius 2 is 1.88 bits per heavy atom. The highest BCUT2D eigenvalue weighted by molar-refractivity contribution is 7.98. The molecule has 0 aliphatic rings. The van der Waals surface area contributed by atoms with Gasteiger partial charge in [-0.25, -0.2) is 4.98 Å². The number of amides is 1. The fraction of sp³-hybridized carbons (Fsp3) is 0.105. The second kappa shape index (κ2) is 8.64. The van der Waals surface area contributed by atoms with Gasteiger partial charge in [-0.2, -0.15) is 5.10 Å². The highest BCUT2D eigenvalue weighted by atomic mass is 32.2. The van der Waals surface area contributed by atoms with Crippen molar-refractivity contribution in [1.29, 1.82) is 0 Å². The molecule has 0 aliphatic heterocycles. The minimum atomic E-state index is -0.0844. The van der Waals surface area contributed by atoms with Gasteiger partial charge in [-0.3, -0.25) is 10.2 Å². The SMILES string of the molecule is CSc1ccc(/C=N\Nc2nc(-c3ccc(NC(C)=O)cc3)cs2)cc1. The normalized spacial score (nSPS) is 10.8. The van der Waals surface area contributed by atoms with Crippen molar-refractivity contribution in [1.82, 2.24) is 4.98 Å². The largest absolute Gasteiger partial charge is 0.326 e. The quantitative estimate of drug-likeness (QED) is 0.360. The molecular formula is C19H18N4OS2. The average molecular weight is 383 g/mol. The van der Waals surface area contributed by atoms with Gasteiger partial charge in [0.25, 0.3) is 0 Å². The van der Waals surface area contributed by atoms with E-state index in [1.807, 2.05) is 41.8 Å². The molecule has 2 aromatic carbocycles. The van der Waals surface area contributed by atoms with Gasteiger partial charge in [-0.05, 0) is 36.1 Å². The molecule has 7 heteroatoms. The molecule has 26 heavy (non-hydrogen) atoms. The molecule has 0 fully saturated rings. The number of carbonyl (C=O) groups is 1. The lowest BCUT2D eigenvalue weighted by Crippen LogP contribution is -2.05. The van der Waals surface area contributed by atoms with Crippen LogP contribution >= 0.6 is 23.1 Å². The Hall–Kier alpha value is -2.64. The third-order valence-corrected chi connectivity index (χ3v) is 4.99. The summed E-state index contributed by atoms with van der Waals surface area (Å²) < 4.78 is 0. The summed E-state index contributed by atoms with van der Waals surface area (Å²) in [7, 11) is 0. The summed E-state index contributed by atoms with van der Waals surface area (Å²) in [6.45, 7) is 1.49. The maximum absolute atomic E-state index is 11.1. The minimum absolute atomic E-state index is 0.0844. The number of thioether (sulfide) groups is 1. The number of nitrogens with one attached hydrogen (secondary N) is 2. The predicted molar refractivity (Wildman–Crippen MR) is 111 cm³/mol.